The van der Waals surface area contributed by atoms with E-state index in [4.69, 9.17) is 14.2 Å². The van der Waals surface area contributed by atoms with Crippen LogP contribution in [-0.2, 0) is 33.8 Å². The minimum atomic E-state index is -0.361. The zero-order chi connectivity index (χ0) is 24.6. The van der Waals surface area contributed by atoms with Gasteiger partial charge >= 0.3 is 0 Å². The van der Waals surface area contributed by atoms with Crippen LogP contribution in [0.1, 0.15) is 16.0 Å². The maximum atomic E-state index is 13.5. The lowest BCUT2D eigenvalue weighted by atomic mass is 10.1. The first kappa shape index (κ1) is 24.7. The Kier molecular flexibility index (Phi) is 8.33. The van der Waals surface area contributed by atoms with Gasteiger partial charge in [-0.2, -0.15) is 0 Å². The van der Waals surface area contributed by atoms with Gasteiger partial charge in [-0.15, -0.1) is 11.3 Å². The lowest BCUT2D eigenvalue weighted by molar-refractivity contribution is -0.141. The van der Waals surface area contributed by atoms with Crippen LogP contribution in [0.5, 0.6) is 11.5 Å². The smallest absolute Gasteiger partial charge is 0.242 e. The lowest BCUT2D eigenvalue weighted by Crippen LogP contribution is -2.44. The summed E-state index contributed by atoms with van der Waals surface area (Å²) >= 11 is 1.57. The van der Waals surface area contributed by atoms with Gasteiger partial charge in [-0.1, -0.05) is 24.3 Å². The number of benzene rings is 2. The fraction of sp³-hybridized carbons (Fsp3) is 0.308. The molecule has 0 saturated heterocycles. The Balaban J connectivity index is 1.48. The molecule has 2 heterocycles. The molecule has 2 aromatic carbocycles. The van der Waals surface area contributed by atoms with E-state index in [1.807, 2.05) is 35.7 Å². The molecule has 4 rings (SSSR count). The number of rotatable bonds is 11. The van der Waals surface area contributed by atoms with E-state index < -0.39 is 0 Å². The van der Waals surface area contributed by atoms with E-state index in [2.05, 4.69) is 0 Å². The van der Waals surface area contributed by atoms with Crippen molar-refractivity contribution >= 4 is 23.2 Å². The highest BCUT2D eigenvalue weighted by atomic mass is 32.1. The average Bonchev–Trinajstić information content (AvgIpc) is 3.54. The molecule has 1 aliphatic heterocycles. The summed E-state index contributed by atoms with van der Waals surface area (Å²) < 4.78 is 29.3. The van der Waals surface area contributed by atoms with Gasteiger partial charge in [0.2, 0.25) is 18.6 Å². The first-order valence-corrected chi connectivity index (χ1v) is 12.1. The second-order valence-electron chi connectivity index (χ2n) is 8.13. The van der Waals surface area contributed by atoms with Crippen LogP contribution in [0.2, 0.25) is 0 Å². The Hall–Kier alpha value is -3.43. The van der Waals surface area contributed by atoms with Crippen molar-refractivity contribution in [2.24, 2.45) is 0 Å². The summed E-state index contributed by atoms with van der Waals surface area (Å²) in [5.74, 6) is 0.574. The number of fused-ring (bicyclic) bond motifs is 1. The Morgan fingerprint density at radius 3 is 2.49 bits per heavy atom. The van der Waals surface area contributed by atoms with Gasteiger partial charge in [-0.05, 0) is 46.8 Å². The van der Waals surface area contributed by atoms with E-state index in [9.17, 15) is 14.0 Å². The molecule has 7 nitrogen and oxygen atoms in total. The van der Waals surface area contributed by atoms with Crippen molar-refractivity contribution in [1.29, 1.82) is 0 Å². The molecule has 2 amide bonds. The maximum Gasteiger partial charge on any atom is 0.242 e. The number of ether oxygens (including phenoxy) is 3. The second kappa shape index (κ2) is 11.8. The maximum absolute atomic E-state index is 13.5. The van der Waals surface area contributed by atoms with Crippen molar-refractivity contribution in [1.82, 2.24) is 9.80 Å². The van der Waals surface area contributed by atoms with Crippen LogP contribution in [0.25, 0.3) is 0 Å². The molecule has 0 bridgehead atoms. The van der Waals surface area contributed by atoms with Gasteiger partial charge in [0.25, 0.3) is 0 Å². The van der Waals surface area contributed by atoms with Gasteiger partial charge in [0.05, 0.1) is 26.1 Å². The lowest BCUT2D eigenvalue weighted by Gasteiger charge is -2.28. The normalized spacial score (nSPS) is 11.9. The molecule has 0 N–H and O–H groups in total. The quantitative estimate of drug-likeness (QED) is 0.402. The van der Waals surface area contributed by atoms with Gasteiger partial charge in [-0.25, -0.2) is 4.39 Å². The molecule has 9 heteroatoms. The molecule has 0 unspecified atom stereocenters. The minimum Gasteiger partial charge on any atom is -0.454 e. The molecular formula is C26H27FN2O5S. The van der Waals surface area contributed by atoms with E-state index in [1.54, 1.807) is 35.5 Å². The zero-order valence-electron chi connectivity index (χ0n) is 19.4. The molecule has 184 valence electrons. The zero-order valence-corrected chi connectivity index (χ0v) is 20.3. The second-order valence-corrected chi connectivity index (χ2v) is 9.16. The predicted molar refractivity (Wildman–Crippen MR) is 130 cm³/mol. The fourth-order valence-corrected chi connectivity index (χ4v) is 4.45. The number of amides is 2. The summed E-state index contributed by atoms with van der Waals surface area (Å²) in [6.07, 6.45) is 0.0738. The number of halogens is 1. The molecule has 3 aromatic rings. The van der Waals surface area contributed by atoms with Crippen LogP contribution in [0, 0.1) is 5.82 Å². The molecule has 35 heavy (non-hydrogen) atoms. The first-order chi connectivity index (χ1) is 17.0. The fourth-order valence-electron chi connectivity index (χ4n) is 3.73. The molecule has 0 aliphatic carbocycles. The minimum absolute atomic E-state index is 0.0738. The van der Waals surface area contributed by atoms with Crippen molar-refractivity contribution in [2.45, 2.75) is 19.5 Å². The third-order valence-electron chi connectivity index (χ3n) is 5.60. The van der Waals surface area contributed by atoms with E-state index in [0.29, 0.717) is 36.8 Å². The molecule has 0 atom stereocenters. The molecule has 1 aliphatic rings. The van der Waals surface area contributed by atoms with Crippen LogP contribution >= 0.6 is 11.3 Å². The van der Waals surface area contributed by atoms with Gasteiger partial charge in [0.15, 0.2) is 11.5 Å². The van der Waals surface area contributed by atoms with Crippen molar-refractivity contribution in [3.05, 3.63) is 81.8 Å². The topological polar surface area (TPSA) is 68.3 Å². The van der Waals surface area contributed by atoms with Crippen LogP contribution in [0.3, 0.4) is 0 Å². The number of thiophene rings is 1. The van der Waals surface area contributed by atoms with Crippen molar-refractivity contribution < 1.29 is 28.2 Å². The van der Waals surface area contributed by atoms with Crippen LogP contribution in [0.15, 0.2) is 60.0 Å². The summed E-state index contributed by atoms with van der Waals surface area (Å²) in [5.41, 5.74) is 1.59. The van der Waals surface area contributed by atoms with Crippen molar-refractivity contribution in [3.63, 3.8) is 0 Å². The molecule has 1 aromatic heterocycles. The van der Waals surface area contributed by atoms with E-state index in [-0.39, 0.29) is 43.9 Å². The number of hydrogen-bond donors (Lipinski definition) is 0. The highest BCUT2D eigenvalue weighted by Crippen LogP contribution is 2.33. The van der Waals surface area contributed by atoms with E-state index in [0.717, 1.165) is 10.4 Å². The Labute approximate surface area is 207 Å². The van der Waals surface area contributed by atoms with Gasteiger partial charge in [0.1, 0.15) is 5.82 Å². The summed E-state index contributed by atoms with van der Waals surface area (Å²) in [6.45, 7) is 1.46. The largest absolute Gasteiger partial charge is 0.454 e. The highest BCUT2D eigenvalue weighted by Gasteiger charge is 2.23. The highest BCUT2D eigenvalue weighted by molar-refractivity contribution is 7.09. The Bertz CT molecular complexity index is 1140. The van der Waals surface area contributed by atoms with E-state index >= 15 is 0 Å². The summed E-state index contributed by atoms with van der Waals surface area (Å²) in [5, 5.41) is 1.97. The van der Waals surface area contributed by atoms with Gasteiger partial charge in [0, 0.05) is 25.1 Å². The summed E-state index contributed by atoms with van der Waals surface area (Å²) in [7, 11) is 1.55. The SMILES string of the molecule is COCCN(CC(=O)N(Cc1ccc2c(c1)OCO2)Cc1cccs1)C(=O)Cc1ccc(F)cc1. The molecule has 0 spiro atoms. The number of carbonyl (C=O) groups excluding carboxylic acids is 2. The predicted octanol–water partition coefficient (Wildman–Crippen LogP) is 3.86. The standard InChI is InChI=1S/C26H27FN2O5S/c1-32-11-10-28(25(30)14-19-4-7-21(27)8-5-19)17-26(31)29(16-22-3-2-12-35-22)15-20-6-9-23-24(13-20)34-18-33-23/h2-9,12-13H,10-11,14-18H2,1H3. The van der Waals surface area contributed by atoms with Crippen molar-refractivity contribution in [3.8, 4) is 11.5 Å². The van der Waals surface area contributed by atoms with Crippen LogP contribution in [-0.4, -0.2) is 55.2 Å². The third-order valence-corrected chi connectivity index (χ3v) is 6.46. The Morgan fingerprint density at radius 2 is 1.74 bits per heavy atom. The summed E-state index contributed by atoms with van der Waals surface area (Å²) in [4.78, 5) is 30.8. The van der Waals surface area contributed by atoms with Gasteiger partial charge in [-0.3, -0.25) is 9.59 Å². The van der Waals surface area contributed by atoms with E-state index in [1.165, 1.54) is 17.0 Å². The van der Waals surface area contributed by atoms with Crippen LogP contribution < -0.4 is 9.47 Å². The number of methoxy groups -OCH3 is 1. The monoisotopic (exact) mass is 498 g/mol. The van der Waals surface area contributed by atoms with Gasteiger partial charge < -0.3 is 24.0 Å². The molecular weight excluding hydrogens is 471 g/mol. The average molecular weight is 499 g/mol. The first-order valence-electron chi connectivity index (χ1n) is 11.2. The number of nitrogens with zero attached hydrogens (tertiary/aromatic N) is 2. The number of carbonyl (C=O) groups is 2. The van der Waals surface area contributed by atoms with Crippen LogP contribution in [0.4, 0.5) is 4.39 Å². The third kappa shape index (κ3) is 6.80. The molecule has 0 radical (unpaired) electrons. The molecule has 0 fully saturated rings. The molecule has 0 saturated carbocycles. The Morgan fingerprint density at radius 1 is 0.971 bits per heavy atom. The summed E-state index contributed by atoms with van der Waals surface area (Å²) in [6, 6.07) is 15.3. The van der Waals surface area contributed by atoms with Crippen molar-refractivity contribution in [2.75, 3.05) is 33.6 Å². The number of hydrogen-bond acceptors (Lipinski definition) is 6.